The van der Waals surface area contributed by atoms with E-state index in [1.165, 1.54) is 25.8 Å². The Hall–Kier alpha value is -3.03. The molecule has 0 atom stereocenters. The Labute approximate surface area is 225 Å². The highest BCUT2D eigenvalue weighted by atomic mass is 127. The Balaban J connectivity index is 0.00000253. The second-order valence-corrected chi connectivity index (χ2v) is 9.77. The summed E-state index contributed by atoms with van der Waals surface area (Å²) in [4.78, 5) is 13.4. The maximum absolute atomic E-state index is 13.4. The standard InChI is InChI=1S/C30H25N2OS.HI/c1-3-10-27(33)32-25-15-9-13-22-21(19-28-31(2)24-14-7-8-16-26(24)34-28)17-18-23(29(22)25)30(32)20-11-5-4-6-12-20;/h4-9,11-19H,3,10H2,1-2H3;1H/q+1;/p-1. The van der Waals surface area contributed by atoms with Gasteiger partial charge in [0.1, 0.15) is 11.7 Å². The molecule has 2 aromatic heterocycles. The molecule has 0 aliphatic rings. The molecule has 6 aromatic rings. The average Bonchev–Trinajstić information content (AvgIpc) is 3.37. The van der Waals surface area contributed by atoms with Crippen molar-refractivity contribution in [2.45, 2.75) is 19.8 Å². The second kappa shape index (κ2) is 9.55. The fourth-order valence-electron chi connectivity index (χ4n) is 5.01. The normalized spacial score (nSPS) is 12.0. The molecule has 3 nitrogen and oxygen atoms in total. The Bertz CT molecular complexity index is 1750. The fraction of sp³-hybridized carbons (Fsp3) is 0.133. The number of para-hydroxylation sites is 1. The lowest BCUT2D eigenvalue weighted by Crippen LogP contribution is -3.00. The molecule has 0 saturated carbocycles. The molecule has 0 spiro atoms. The molecule has 0 aliphatic heterocycles. The van der Waals surface area contributed by atoms with Crippen molar-refractivity contribution in [1.29, 1.82) is 0 Å². The lowest BCUT2D eigenvalue weighted by molar-refractivity contribution is -0.642. The van der Waals surface area contributed by atoms with Crippen molar-refractivity contribution in [2.75, 3.05) is 0 Å². The molecule has 6 rings (SSSR count). The molecular formula is C30H25IN2OS. The quantitative estimate of drug-likeness (QED) is 0.229. The van der Waals surface area contributed by atoms with Crippen LogP contribution in [-0.2, 0) is 7.05 Å². The average molecular weight is 589 g/mol. The van der Waals surface area contributed by atoms with Gasteiger partial charge in [0.05, 0.1) is 11.2 Å². The number of halogens is 1. The number of carbonyl (C=O) groups excluding carboxylic acids is 1. The molecule has 0 saturated heterocycles. The van der Waals surface area contributed by atoms with E-state index in [1.54, 1.807) is 11.3 Å². The summed E-state index contributed by atoms with van der Waals surface area (Å²) in [7, 11) is 2.12. The van der Waals surface area contributed by atoms with Crippen molar-refractivity contribution in [3.63, 3.8) is 0 Å². The molecule has 2 heterocycles. The third-order valence-electron chi connectivity index (χ3n) is 6.58. The van der Waals surface area contributed by atoms with Gasteiger partial charge in [-0.15, -0.1) is 0 Å². The minimum absolute atomic E-state index is 0. The first-order valence-corrected chi connectivity index (χ1v) is 12.5. The van der Waals surface area contributed by atoms with Crippen molar-refractivity contribution in [1.82, 2.24) is 4.57 Å². The van der Waals surface area contributed by atoms with E-state index in [0.29, 0.717) is 6.42 Å². The van der Waals surface area contributed by atoms with Crippen LogP contribution in [-0.4, -0.2) is 10.5 Å². The molecule has 0 unspecified atom stereocenters. The smallest absolute Gasteiger partial charge is 0.263 e. The van der Waals surface area contributed by atoms with Crippen molar-refractivity contribution < 1.29 is 33.3 Å². The number of hydrogen-bond acceptors (Lipinski definition) is 2. The molecule has 4 aromatic carbocycles. The van der Waals surface area contributed by atoms with Gasteiger partial charge in [0.25, 0.3) is 5.01 Å². The Kier molecular flexibility index (Phi) is 6.47. The lowest BCUT2D eigenvalue weighted by Gasteiger charge is -2.09. The SMILES string of the molecule is CCCC(=O)n1c(-c2ccccc2)c2cc/c(=C\c3sc4ccccc4[n+]3C)c3cccc1c23.[I-]. The Morgan fingerprint density at radius 2 is 1.69 bits per heavy atom. The van der Waals surface area contributed by atoms with Gasteiger partial charge in [-0.1, -0.05) is 85.0 Å². The van der Waals surface area contributed by atoms with Crippen LogP contribution in [0.4, 0.5) is 0 Å². The van der Waals surface area contributed by atoms with E-state index in [9.17, 15) is 4.79 Å². The van der Waals surface area contributed by atoms with Crippen LogP contribution >= 0.6 is 11.3 Å². The summed E-state index contributed by atoms with van der Waals surface area (Å²) in [5.74, 6) is 0.145. The van der Waals surface area contributed by atoms with E-state index in [2.05, 4.69) is 91.3 Å². The van der Waals surface area contributed by atoms with Gasteiger partial charge in [-0.2, -0.15) is 4.57 Å². The van der Waals surface area contributed by atoms with Gasteiger partial charge in [-0.25, -0.2) is 0 Å². The monoisotopic (exact) mass is 588 g/mol. The number of hydrogen-bond donors (Lipinski definition) is 0. The molecule has 0 fully saturated rings. The van der Waals surface area contributed by atoms with Crippen molar-refractivity contribution >= 4 is 55.2 Å². The minimum atomic E-state index is 0. The summed E-state index contributed by atoms with van der Waals surface area (Å²) < 4.78 is 5.47. The van der Waals surface area contributed by atoms with Crippen LogP contribution in [0, 0.1) is 0 Å². The van der Waals surface area contributed by atoms with Crippen LogP contribution in [0.1, 0.15) is 29.6 Å². The van der Waals surface area contributed by atoms with Crippen LogP contribution < -0.4 is 33.8 Å². The highest BCUT2D eigenvalue weighted by Crippen LogP contribution is 2.37. The van der Waals surface area contributed by atoms with E-state index in [-0.39, 0.29) is 29.9 Å². The number of thiazole rings is 1. The van der Waals surface area contributed by atoms with E-state index < -0.39 is 0 Å². The summed E-state index contributed by atoms with van der Waals surface area (Å²) in [6.45, 7) is 2.06. The summed E-state index contributed by atoms with van der Waals surface area (Å²) in [5.41, 5.74) is 4.28. The largest absolute Gasteiger partial charge is 1.00 e. The number of fused-ring (bicyclic) bond motifs is 1. The van der Waals surface area contributed by atoms with Gasteiger partial charge in [-0.3, -0.25) is 9.36 Å². The number of rotatable bonds is 4. The number of benzene rings is 4. The van der Waals surface area contributed by atoms with Gasteiger partial charge in [0.15, 0.2) is 0 Å². The third-order valence-corrected chi connectivity index (χ3v) is 7.75. The van der Waals surface area contributed by atoms with Crippen molar-refractivity contribution in [2.24, 2.45) is 7.05 Å². The molecule has 174 valence electrons. The summed E-state index contributed by atoms with van der Waals surface area (Å²) in [5, 5.41) is 5.82. The van der Waals surface area contributed by atoms with E-state index >= 15 is 0 Å². The van der Waals surface area contributed by atoms with Gasteiger partial charge in [-0.05, 0) is 34.7 Å². The molecule has 0 amide bonds. The van der Waals surface area contributed by atoms with Crippen LogP contribution in [0.5, 0.6) is 0 Å². The molecule has 35 heavy (non-hydrogen) atoms. The molecule has 0 radical (unpaired) electrons. The maximum atomic E-state index is 13.4. The first kappa shape index (κ1) is 23.7. The lowest BCUT2D eigenvalue weighted by atomic mass is 10.0. The van der Waals surface area contributed by atoms with Gasteiger partial charge in [0.2, 0.25) is 11.4 Å². The zero-order valence-corrected chi connectivity index (χ0v) is 22.6. The van der Waals surface area contributed by atoms with E-state index in [0.717, 1.165) is 34.0 Å². The zero-order valence-electron chi connectivity index (χ0n) is 19.7. The molecule has 0 bridgehead atoms. The second-order valence-electron chi connectivity index (χ2n) is 8.71. The van der Waals surface area contributed by atoms with Crippen LogP contribution in [0.2, 0.25) is 0 Å². The highest BCUT2D eigenvalue weighted by molar-refractivity contribution is 7.18. The first-order valence-electron chi connectivity index (χ1n) is 11.7. The third kappa shape index (κ3) is 3.87. The van der Waals surface area contributed by atoms with Crippen molar-refractivity contribution in [3.05, 3.63) is 95.2 Å². The summed E-state index contributed by atoms with van der Waals surface area (Å²) in [6.07, 6.45) is 3.62. The number of nitrogens with zero attached hydrogens (tertiary/aromatic N) is 2. The van der Waals surface area contributed by atoms with Gasteiger partial charge < -0.3 is 24.0 Å². The van der Waals surface area contributed by atoms with E-state index in [4.69, 9.17) is 0 Å². The number of aromatic nitrogens is 2. The maximum Gasteiger partial charge on any atom is 0.263 e. The Morgan fingerprint density at radius 1 is 0.914 bits per heavy atom. The molecular weight excluding hydrogens is 563 g/mol. The summed E-state index contributed by atoms with van der Waals surface area (Å²) >= 11 is 1.80. The van der Waals surface area contributed by atoms with Crippen LogP contribution in [0.25, 0.3) is 49.2 Å². The number of carbonyl (C=O) groups is 1. The van der Waals surface area contributed by atoms with Gasteiger partial charge >= 0.3 is 0 Å². The highest BCUT2D eigenvalue weighted by Gasteiger charge is 2.22. The molecule has 0 N–H and O–H groups in total. The zero-order chi connectivity index (χ0) is 23.2. The first-order chi connectivity index (χ1) is 16.7. The molecule has 0 aliphatic carbocycles. The minimum Gasteiger partial charge on any atom is -1.00 e. The van der Waals surface area contributed by atoms with E-state index in [1.807, 2.05) is 22.8 Å². The Morgan fingerprint density at radius 3 is 2.46 bits per heavy atom. The summed E-state index contributed by atoms with van der Waals surface area (Å²) in [6, 6.07) is 29.5. The fourth-order valence-corrected chi connectivity index (χ4v) is 6.11. The predicted molar refractivity (Wildman–Crippen MR) is 142 cm³/mol. The van der Waals surface area contributed by atoms with Gasteiger partial charge in [0, 0.05) is 29.3 Å². The predicted octanol–water partition coefficient (Wildman–Crippen LogP) is 3.49. The molecule has 5 heteroatoms. The topological polar surface area (TPSA) is 25.9 Å². The number of aryl methyl sites for hydroxylation is 1. The van der Waals surface area contributed by atoms with Crippen LogP contribution in [0.15, 0.2) is 84.9 Å². The van der Waals surface area contributed by atoms with Crippen LogP contribution in [0.3, 0.4) is 0 Å². The van der Waals surface area contributed by atoms with Crippen molar-refractivity contribution in [3.8, 4) is 11.3 Å².